The first-order valence-electron chi connectivity index (χ1n) is 6.37. The first kappa shape index (κ1) is 14.9. The number of nitrogens with one attached hydrogen (secondary N) is 1. The van der Waals surface area contributed by atoms with Gasteiger partial charge in [0.25, 0.3) is 0 Å². The van der Waals surface area contributed by atoms with Crippen molar-refractivity contribution in [1.82, 2.24) is 5.32 Å². The van der Waals surface area contributed by atoms with Gasteiger partial charge in [-0.25, -0.2) is 4.39 Å². The average molecular weight is 254 g/mol. The van der Waals surface area contributed by atoms with Crippen molar-refractivity contribution in [3.8, 4) is 0 Å². The summed E-state index contributed by atoms with van der Waals surface area (Å²) in [5.74, 6) is -0.250. The lowest BCUT2D eigenvalue weighted by Gasteiger charge is -2.26. The van der Waals surface area contributed by atoms with Crippen LogP contribution < -0.4 is 10.2 Å². The highest BCUT2D eigenvalue weighted by molar-refractivity contribution is 5.49. The lowest BCUT2D eigenvalue weighted by atomic mass is 10.1. The van der Waals surface area contributed by atoms with E-state index in [1.165, 1.54) is 0 Å². The molecule has 0 aromatic heterocycles. The molecule has 2 unspecified atom stereocenters. The summed E-state index contributed by atoms with van der Waals surface area (Å²) in [6.07, 6.45) is 0. The first-order valence-corrected chi connectivity index (χ1v) is 6.37. The Bertz CT molecular complexity index is 384. The summed E-state index contributed by atoms with van der Waals surface area (Å²) in [6.45, 7) is 6.75. The van der Waals surface area contributed by atoms with Gasteiger partial charge >= 0.3 is 0 Å². The van der Waals surface area contributed by atoms with Crippen LogP contribution in [0.2, 0.25) is 0 Å². The van der Waals surface area contributed by atoms with Crippen LogP contribution in [0.3, 0.4) is 0 Å². The summed E-state index contributed by atoms with van der Waals surface area (Å²) < 4.78 is 14.0. The molecular formula is C14H23FN2O. The maximum Gasteiger partial charge on any atom is 0.146 e. The predicted octanol–water partition coefficient (Wildman–Crippen LogP) is 2.31. The van der Waals surface area contributed by atoms with Gasteiger partial charge in [0.2, 0.25) is 0 Å². The smallest absolute Gasteiger partial charge is 0.146 e. The van der Waals surface area contributed by atoms with Crippen molar-refractivity contribution in [3.05, 3.63) is 29.6 Å². The molecule has 1 aromatic carbocycles. The van der Waals surface area contributed by atoms with Crippen LogP contribution in [0.4, 0.5) is 10.1 Å². The van der Waals surface area contributed by atoms with Gasteiger partial charge < -0.3 is 15.3 Å². The molecule has 2 atom stereocenters. The summed E-state index contributed by atoms with van der Waals surface area (Å²) in [4.78, 5) is 1.75. The van der Waals surface area contributed by atoms with Crippen molar-refractivity contribution in [1.29, 1.82) is 0 Å². The van der Waals surface area contributed by atoms with Crippen molar-refractivity contribution < 1.29 is 9.50 Å². The van der Waals surface area contributed by atoms with E-state index in [2.05, 4.69) is 5.32 Å². The fourth-order valence-electron chi connectivity index (χ4n) is 1.86. The van der Waals surface area contributed by atoms with Gasteiger partial charge in [-0.3, -0.25) is 0 Å². The minimum absolute atomic E-state index is 0.00544. The van der Waals surface area contributed by atoms with Crippen LogP contribution in [0.15, 0.2) is 18.2 Å². The standard InChI is InChI=1S/C14H23FN2O/c1-5-16-11(3)12-6-7-14(13(15)8-12)17(4)10(2)9-18/h6-8,10-11,16,18H,5,9H2,1-4H3. The minimum Gasteiger partial charge on any atom is -0.394 e. The summed E-state index contributed by atoms with van der Waals surface area (Å²) in [7, 11) is 1.78. The molecule has 0 saturated heterocycles. The molecule has 1 aromatic rings. The summed E-state index contributed by atoms with van der Waals surface area (Å²) >= 11 is 0. The summed E-state index contributed by atoms with van der Waals surface area (Å²) in [5, 5.41) is 12.3. The van der Waals surface area contributed by atoms with Gasteiger partial charge in [-0.05, 0) is 38.1 Å². The zero-order chi connectivity index (χ0) is 13.7. The van der Waals surface area contributed by atoms with Crippen LogP contribution in [-0.4, -0.2) is 31.3 Å². The molecule has 0 amide bonds. The maximum atomic E-state index is 14.0. The minimum atomic E-state index is -0.250. The van der Waals surface area contributed by atoms with Crippen LogP contribution in [0, 0.1) is 5.82 Å². The van der Waals surface area contributed by atoms with Crippen molar-refractivity contribution in [2.24, 2.45) is 0 Å². The number of aliphatic hydroxyl groups is 1. The van der Waals surface area contributed by atoms with Crippen molar-refractivity contribution >= 4 is 5.69 Å². The second-order valence-electron chi connectivity index (χ2n) is 4.63. The zero-order valence-corrected chi connectivity index (χ0v) is 11.6. The van der Waals surface area contributed by atoms with E-state index in [4.69, 9.17) is 5.11 Å². The quantitative estimate of drug-likeness (QED) is 0.817. The van der Waals surface area contributed by atoms with Crippen molar-refractivity contribution in [2.75, 3.05) is 25.1 Å². The molecule has 0 radical (unpaired) electrons. The van der Waals surface area contributed by atoms with Gasteiger partial charge in [-0.15, -0.1) is 0 Å². The number of aliphatic hydroxyl groups excluding tert-OH is 1. The molecule has 0 aliphatic carbocycles. The van der Waals surface area contributed by atoms with Crippen LogP contribution in [0.5, 0.6) is 0 Å². The summed E-state index contributed by atoms with van der Waals surface area (Å²) in [5.41, 5.74) is 1.45. The van der Waals surface area contributed by atoms with Crippen LogP contribution >= 0.6 is 0 Å². The average Bonchev–Trinajstić information content (AvgIpc) is 2.37. The highest BCUT2D eigenvalue weighted by atomic mass is 19.1. The number of anilines is 1. The van der Waals surface area contributed by atoms with Crippen molar-refractivity contribution in [3.63, 3.8) is 0 Å². The van der Waals surface area contributed by atoms with Crippen LogP contribution in [0.25, 0.3) is 0 Å². The van der Waals surface area contributed by atoms with E-state index in [-0.39, 0.29) is 24.5 Å². The van der Waals surface area contributed by atoms with E-state index in [0.29, 0.717) is 5.69 Å². The van der Waals surface area contributed by atoms with E-state index in [0.717, 1.165) is 12.1 Å². The van der Waals surface area contributed by atoms with Gasteiger partial charge in [0.15, 0.2) is 0 Å². The fraction of sp³-hybridized carbons (Fsp3) is 0.571. The zero-order valence-electron chi connectivity index (χ0n) is 11.6. The fourth-order valence-corrected chi connectivity index (χ4v) is 1.86. The third-order valence-corrected chi connectivity index (χ3v) is 3.29. The molecule has 0 heterocycles. The Morgan fingerprint density at radius 2 is 2.06 bits per heavy atom. The molecule has 0 aliphatic rings. The maximum absolute atomic E-state index is 14.0. The monoisotopic (exact) mass is 254 g/mol. The lowest BCUT2D eigenvalue weighted by molar-refractivity contribution is 0.269. The Hall–Kier alpha value is -1.13. The van der Waals surface area contributed by atoms with E-state index < -0.39 is 0 Å². The molecule has 0 saturated carbocycles. The lowest BCUT2D eigenvalue weighted by Crippen LogP contribution is -2.32. The number of hydrogen-bond acceptors (Lipinski definition) is 3. The first-order chi connectivity index (χ1) is 8.51. The van der Waals surface area contributed by atoms with Gasteiger partial charge in [0, 0.05) is 19.1 Å². The second-order valence-corrected chi connectivity index (χ2v) is 4.63. The van der Waals surface area contributed by atoms with Crippen LogP contribution in [-0.2, 0) is 0 Å². The Morgan fingerprint density at radius 3 is 2.56 bits per heavy atom. The van der Waals surface area contributed by atoms with E-state index in [1.54, 1.807) is 24.1 Å². The number of benzene rings is 1. The molecule has 3 nitrogen and oxygen atoms in total. The molecule has 0 fully saturated rings. The van der Waals surface area contributed by atoms with Gasteiger partial charge in [0.1, 0.15) is 5.82 Å². The largest absolute Gasteiger partial charge is 0.394 e. The number of hydrogen-bond donors (Lipinski definition) is 2. The highest BCUT2D eigenvalue weighted by Gasteiger charge is 2.14. The number of likely N-dealkylation sites (N-methyl/N-ethyl adjacent to an activating group) is 1. The number of halogens is 1. The third kappa shape index (κ3) is 3.43. The molecule has 2 N–H and O–H groups in total. The topological polar surface area (TPSA) is 35.5 Å². The summed E-state index contributed by atoms with van der Waals surface area (Å²) in [6, 6.07) is 5.29. The van der Waals surface area contributed by atoms with Crippen molar-refractivity contribution in [2.45, 2.75) is 32.9 Å². The Kier molecular flexibility index (Phi) is 5.56. The van der Waals surface area contributed by atoms with Gasteiger partial charge in [-0.1, -0.05) is 13.0 Å². The van der Waals surface area contributed by atoms with Gasteiger partial charge in [-0.2, -0.15) is 0 Å². The van der Waals surface area contributed by atoms with E-state index >= 15 is 0 Å². The molecule has 102 valence electrons. The Labute approximate surface area is 109 Å². The van der Waals surface area contributed by atoms with Gasteiger partial charge in [0.05, 0.1) is 12.3 Å². The molecular weight excluding hydrogens is 231 g/mol. The highest BCUT2D eigenvalue weighted by Crippen LogP contribution is 2.23. The molecule has 1 rings (SSSR count). The molecule has 0 aliphatic heterocycles. The Morgan fingerprint density at radius 1 is 1.39 bits per heavy atom. The third-order valence-electron chi connectivity index (χ3n) is 3.29. The van der Waals surface area contributed by atoms with E-state index in [9.17, 15) is 4.39 Å². The molecule has 18 heavy (non-hydrogen) atoms. The predicted molar refractivity (Wildman–Crippen MR) is 73.4 cm³/mol. The Balaban J connectivity index is 2.92. The van der Waals surface area contributed by atoms with E-state index in [1.807, 2.05) is 26.8 Å². The number of nitrogens with zero attached hydrogens (tertiary/aromatic N) is 1. The molecule has 0 spiro atoms. The van der Waals surface area contributed by atoms with Crippen LogP contribution in [0.1, 0.15) is 32.4 Å². The normalized spacial score (nSPS) is 14.3. The second kappa shape index (κ2) is 6.71. The SMILES string of the molecule is CCNC(C)c1ccc(N(C)C(C)CO)c(F)c1. The molecule has 4 heteroatoms. The number of rotatable bonds is 6. The molecule has 0 bridgehead atoms.